The second-order valence-corrected chi connectivity index (χ2v) is 5.11. The number of halogens is 1. The summed E-state index contributed by atoms with van der Waals surface area (Å²) in [5.41, 5.74) is 5.06. The molecule has 1 aromatic carbocycles. The van der Waals surface area contributed by atoms with Crippen molar-refractivity contribution in [3.05, 3.63) is 35.6 Å². The Balaban J connectivity index is 1.68. The van der Waals surface area contributed by atoms with Crippen LogP contribution >= 0.6 is 23.4 Å². The number of anilines is 1. The van der Waals surface area contributed by atoms with E-state index in [1.54, 1.807) is 24.3 Å². The zero-order valence-corrected chi connectivity index (χ0v) is 12.2. The Labute approximate surface area is 129 Å². The summed E-state index contributed by atoms with van der Waals surface area (Å²) in [6, 6.07) is 6.01. The van der Waals surface area contributed by atoms with Crippen molar-refractivity contribution in [1.29, 1.82) is 0 Å². The first-order valence-electron chi connectivity index (χ1n) is 5.73. The van der Waals surface area contributed by atoms with E-state index in [9.17, 15) is 9.59 Å². The van der Waals surface area contributed by atoms with Crippen LogP contribution in [0, 0.1) is 0 Å². The zero-order valence-electron chi connectivity index (χ0n) is 10.6. The van der Waals surface area contributed by atoms with Gasteiger partial charge >= 0.3 is 6.03 Å². The molecule has 0 unspecified atom stereocenters. The molecule has 4 N–H and O–H groups in total. The molecule has 1 heterocycles. The number of rotatable bonds is 4. The van der Waals surface area contributed by atoms with Crippen LogP contribution in [0.3, 0.4) is 0 Å². The minimum absolute atomic E-state index is 0.0937. The Bertz CT molecular complexity index is 604. The lowest BCUT2D eigenvalue weighted by Gasteiger charge is -2.08. The van der Waals surface area contributed by atoms with E-state index in [0.29, 0.717) is 15.9 Å². The number of benzene rings is 1. The molecule has 1 aromatic heterocycles. The van der Waals surface area contributed by atoms with E-state index >= 15 is 0 Å². The van der Waals surface area contributed by atoms with E-state index in [4.69, 9.17) is 11.6 Å². The summed E-state index contributed by atoms with van der Waals surface area (Å²) in [4.78, 5) is 26.9. The molecule has 3 amide bonds. The molecular weight excluding hydrogens is 316 g/mol. The van der Waals surface area contributed by atoms with Crippen LogP contribution in [0.1, 0.15) is 0 Å². The van der Waals surface area contributed by atoms with Crippen LogP contribution in [0.5, 0.6) is 0 Å². The average molecular weight is 327 g/mol. The van der Waals surface area contributed by atoms with Gasteiger partial charge in [0.25, 0.3) is 0 Å². The molecule has 10 heteroatoms. The monoisotopic (exact) mass is 326 g/mol. The van der Waals surface area contributed by atoms with Crippen molar-refractivity contribution in [1.82, 2.24) is 26.0 Å². The second kappa shape index (κ2) is 7.50. The quantitative estimate of drug-likeness (QED) is 0.501. The molecule has 0 radical (unpaired) electrons. The summed E-state index contributed by atoms with van der Waals surface area (Å²) in [7, 11) is 0. The van der Waals surface area contributed by atoms with E-state index < -0.39 is 6.03 Å². The van der Waals surface area contributed by atoms with Gasteiger partial charge in [0.05, 0.1) is 5.75 Å². The molecule has 0 atom stereocenters. The highest BCUT2D eigenvalue weighted by Crippen LogP contribution is 2.13. The number of aromatic nitrogens is 3. The van der Waals surface area contributed by atoms with Crippen LogP contribution in [0.4, 0.5) is 10.5 Å². The Hall–Kier alpha value is -2.26. The standard InChI is InChI=1S/C11H11ClN6O2S/c12-7-1-3-8(4-2-7)15-10(20)17-16-9(19)5-21-11-13-6-14-18-11/h1-4,6H,5H2,(H,16,19)(H,13,14,18)(H2,15,17,20). The average Bonchev–Trinajstić information content (AvgIpc) is 2.99. The molecule has 0 fully saturated rings. The van der Waals surface area contributed by atoms with Gasteiger partial charge in [-0.1, -0.05) is 23.4 Å². The molecule has 0 spiro atoms. The van der Waals surface area contributed by atoms with E-state index in [1.807, 2.05) is 0 Å². The van der Waals surface area contributed by atoms with Gasteiger partial charge in [-0.05, 0) is 24.3 Å². The van der Waals surface area contributed by atoms with Gasteiger partial charge in [-0.15, -0.1) is 0 Å². The minimum Gasteiger partial charge on any atom is -0.307 e. The van der Waals surface area contributed by atoms with Crippen LogP contribution < -0.4 is 16.2 Å². The number of carbonyl (C=O) groups is 2. The Morgan fingerprint density at radius 2 is 2.00 bits per heavy atom. The van der Waals surface area contributed by atoms with E-state index in [-0.39, 0.29) is 11.7 Å². The van der Waals surface area contributed by atoms with E-state index in [1.165, 1.54) is 6.33 Å². The molecule has 110 valence electrons. The van der Waals surface area contributed by atoms with Crippen LogP contribution in [0.2, 0.25) is 5.02 Å². The second-order valence-electron chi connectivity index (χ2n) is 3.71. The Morgan fingerprint density at radius 1 is 1.24 bits per heavy atom. The molecule has 8 nitrogen and oxygen atoms in total. The molecule has 21 heavy (non-hydrogen) atoms. The molecule has 0 saturated heterocycles. The molecular formula is C11H11ClN6O2S. The van der Waals surface area contributed by atoms with Gasteiger partial charge in [-0.3, -0.25) is 15.3 Å². The third kappa shape index (κ3) is 5.32. The van der Waals surface area contributed by atoms with Gasteiger partial charge in [0, 0.05) is 10.7 Å². The maximum atomic E-state index is 11.5. The summed E-state index contributed by atoms with van der Waals surface area (Å²) < 4.78 is 0. The van der Waals surface area contributed by atoms with Crippen molar-refractivity contribution in [2.24, 2.45) is 0 Å². The van der Waals surface area contributed by atoms with Crippen molar-refractivity contribution < 1.29 is 9.59 Å². The SMILES string of the molecule is O=C(CSc1ncn[nH]1)NNC(=O)Nc1ccc(Cl)cc1. The topological polar surface area (TPSA) is 112 Å². The van der Waals surface area contributed by atoms with Gasteiger partial charge in [0.1, 0.15) is 6.33 Å². The number of hydrazine groups is 1. The number of thioether (sulfide) groups is 1. The third-order valence-electron chi connectivity index (χ3n) is 2.15. The summed E-state index contributed by atoms with van der Waals surface area (Å²) in [6.07, 6.45) is 1.35. The minimum atomic E-state index is -0.560. The van der Waals surface area contributed by atoms with Crippen LogP contribution in [0.15, 0.2) is 35.7 Å². The molecule has 2 aromatic rings. The molecule has 0 saturated carbocycles. The summed E-state index contributed by atoms with van der Waals surface area (Å²) >= 11 is 6.89. The first-order chi connectivity index (χ1) is 10.1. The highest BCUT2D eigenvalue weighted by atomic mass is 35.5. The maximum absolute atomic E-state index is 11.5. The third-order valence-corrected chi connectivity index (χ3v) is 3.28. The lowest BCUT2D eigenvalue weighted by Crippen LogP contribution is -2.44. The predicted molar refractivity (Wildman–Crippen MR) is 78.9 cm³/mol. The molecule has 0 aliphatic carbocycles. The highest BCUT2D eigenvalue weighted by molar-refractivity contribution is 7.99. The Morgan fingerprint density at radius 3 is 2.67 bits per heavy atom. The van der Waals surface area contributed by atoms with Crippen LogP contribution in [-0.4, -0.2) is 32.9 Å². The lowest BCUT2D eigenvalue weighted by molar-refractivity contribution is -0.119. The number of nitrogens with one attached hydrogen (secondary N) is 4. The highest BCUT2D eigenvalue weighted by Gasteiger charge is 2.06. The number of urea groups is 1. The first kappa shape index (κ1) is 15.1. The lowest BCUT2D eigenvalue weighted by atomic mass is 10.3. The van der Waals surface area contributed by atoms with Crippen LogP contribution in [0.25, 0.3) is 0 Å². The molecule has 0 aliphatic rings. The van der Waals surface area contributed by atoms with Crippen LogP contribution in [-0.2, 0) is 4.79 Å². The first-order valence-corrected chi connectivity index (χ1v) is 7.09. The fourth-order valence-electron chi connectivity index (χ4n) is 1.26. The van der Waals surface area contributed by atoms with Gasteiger partial charge in [0.15, 0.2) is 5.16 Å². The maximum Gasteiger partial charge on any atom is 0.337 e. The summed E-state index contributed by atoms with van der Waals surface area (Å²) in [6.45, 7) is 0. The van der Waals surface area contributed by atoms with Crippen molar-refractivity contribution in [3.63, 3.8) is 0 Å². The number of nitrogens with zero attached hydrogens (tertiary/aromatic N) is 2. The van der Waals surface area contributed by atoms with Crippen molar-refractivity contribution in [3.8, 4) is 0 Å². The zero-order chi connectivity index (χ0) is 15.1. The van der Waals surface area contributed by atoms with E-state index in [2.05, 4.69) is 31.3 Å². The number of H-pyrrole nitrogens is 1. The summed E-state index contributed by atoms with van der Waals surface area (Å²) in [5.74, 6) is -0.279. The largest absolute Gasteiger partial charge is 0.337 e. The molecule has 2 rings (SSSR count). The van der Waals surface area contributed by atoms with Gasteiger partial charge < -0.3 is 5.32 Å². The van der Waals surface area contributed by atoms with Crippen molar-refractivity contribution in [2.45, 2.75) is 5.16 Å². The van der Waals surface area contributed by atoms with Crippen molar-refractivity contribution >= 4 is 41.0 Å². The predicted octanol–water partition coefficient (Wildman–Crippen LogP) is 1.40. The fourth-order valence-corrected chi connectivity index (χ4v) is 1.96. The number of amides is 3. The van der Waals surface area contributed by atoms with Gasteiger partial charge in [-0.2, -0.15) is 5.10 Å². The molecule has 0 aliphatic heterocycles. The Kier molecular flexibility index (Phi) is 5.41. The summed E-state index contributed by atoms with van der Waals surface area (Å²) in [5, 5.41) is 9.88. The number of hydrogen-bond acceptors (Lipinski definition) is 5. The number of hydrogen-bond donors (Lipinski definition) is 4. The van der Waals surface area contributed by atoms with Gasteiger partial charge in [0.2, 0.25) is 5.91 Å². The molecule has 0 bridgehead atoms. The number of carbonyl (C=O) groups excluding carboxylic acids is 2. The normalized spacial score (nSPS) is 9.95. The van der Waals surface area contributed by atoms with Crippen molar-refractivity contribution in [2.75, 3.05) is 11.1 Å². The smallest absolute Gasteiger partial charge is 0.307 e. The van der Waals surface area contributed by atoms with E-state index in [0.717, 1.165) is 11.8 Å². The number of aromatic amines is 1. The fraction of sp³-hybridized carbons (Fsp3) is 0.0909. The van der Waals surface area contributed by atoms with Gasteiger partial charge in [-0.25, -0.2) is 15.2 Å².